The van der Waals surface area contributed by atoms with E-state index in [1.165, 1.54) is 38.2 Å². The molecule has 2 aromatic heterocycles. The highest BCUT2D eigenvalue weighted by molar-refractivity contribution is 5.77. The minimum Gasteiger partial charge on any atom is -0.367 e. The lowest BCUT2D eigenvalue weighted by Gasteiger charge is -2.24. The summed E-state index contributed by atoms with van der Waals surface area (Å²) in [5.74, 6) is 0.746. The monoisotopic (exact) mass is 323 g/mol. The lowest BCUT2D eigenvalue weighted by atomic mass is 9.95. The highest BCUT2D eigenvalue weighted by Gasteiger charge is 2.20. The summed E-state index contributed by atoms with van der Waals surface area (Å²) in [6, 6.07) is 11.2. The summed E-state index contributed by atoms with van der Waals surface area (Å²) in [5, 5.41) is 3.70. The summed E-state index contributed by atoms with van der Waals surface area (Å²) in [6.45, 7) is 2.06. The van der Waals surface area contributed by atoms with Crippen LogP contribution in [0.4, 0.5) is 10.2 Å². The predicted octanol–water partition coefficient (Wildman–Crippen LogP) is 5.19. The van der Waals surface area contributed by atoms with Crippen LogP contribution in [-0.4, -0.2) is 15.4 Å². The number of halogens is 1. The van der Waals surface area contributed by atoms with Crippen molar-refractivity contribution in [2.45, 2.75) is 45.1 Å². The Balaban J connectivity index is 1.84. The maximum atomic E-state index is 13.7. The van der Waals surface area contributed by atoms with Crippen LogP contribution in [0, 0.1) is 12.7 Å². The van der Waals surface area contributed by atoms with Gasteiger partial charge in [0.1, 0.15) is 23.0 Å². The van der Waals surface area contributed by atoms with Gasteiger partial charge in [0.15, 0.2) is 0 Å². The summed E-state index contributed by atoms with van der Waals surface area (Å²) in [6.07, 6.45) is 8.25. The van der Waals surface area contributed by atoms with E-state index in [0.29, 0.717) is 6.04 Å². The molecule has 0 aliphatic heterocycles. The summed E-state index contributed by atoms with van der Waals surface area (Å²) >= 11 is 0. The van der Waals surface area contributed by atoms with Crippen LogP contribution in [-0.2, 0) is 0 Å². The standard InChI is InChI=1S/C20H22FN3/c1-14-7-6-12-24-19(14)23-18(15-8-5-9-16(21)13-15)20(24)22-17-10-3-2-4-11-17/h5-9,12-13,17,22H,2-4,10-11H2,1H3. The minimum absolute atomic E-state index is 0.232. The number of aromatic nitrogens is 2. The molecule has 1 aliphatic rings. The number of aryl methyl sites for hydroxylation is 1. The molecule has 1 saturated carbocycles. The Kier molecular flexibility index (Phi) is 3.97. The molecule has 4 rings (SSSR count). The molecule has 4 heteroatoms. The summed E-state index contributed by atoms with van der Waals surface area (Å²) in [4.78, 5) is 4.82. The molecule has 124 valence electrons. The molecule has 0 atom stereocenters. The van der Waals surface area contributed by atoms with E-state index in [4.69, 9.17) is 4.98 Å². The molecule has 0 radical (unpaired) electrons. The largest absolute Gasteiger partial charge is 0.367 e. The number of rotatable bonds is 3. The minimum atomic E-state index is -0.232. The zero-order valence-electron chi connectivity index (χ0n) is 13.9. The van der Waals surface area contributed by atoms with Gasteiger partial charge in [-0.05, 0) is 43.5 Å². The number of benzene rings is 1. The van der Waals surface area contributed by atoms with Crippen molar-refractivity contribution in [3.05, 3.63) is 54.0 Å². The number of nitrogens with one attached hydrogen (secondary N) is 1. The molecular weight excluding hydrogens is 301 g/mol. The normalized spacial score (nSPS) is 15.8. The number of pyridine rings is 1. The Morgan fingerprint density at radius 1 is 1.12 bits per heavy atom. The van der Waals surface area contributed by atoms with Crippen LogP contribution in [0.3, 0.4) is 0 Å². The van der Waals surface area contributed by atoms with Crippen LogP contribution < -0.4 is 5.32 Å². The fourth-order valence-corrected chi connectivity index (χ4v) is 3.62. The third-order valence-electron chi connectivity index (χ3n) is 4.89. The first-order chi connectivity index (χ1) is 11.7. The van der Waals surface area contributed by atoms with E-state index in [1.807, 2.05) is 18.3 Å². The Bertz CT molecular complexity index is 862. The molecular formula is C20H22FN3. The molecule has 24 heavy (non-hydrogen) atoms. The molecule has 1 aliphatic carbocycles. The Morgan fingerprint density at radius 3 is 2.75 bits per heavy atom. The maximum Gasteiger partial charge on any atom is 0.142 e. The molecule has 1 N–H and O–H groups in total. The van der Waals surface area contributed by atoms with E-state index in [0.717, 1.165) is 28.3 Å². The Labute approximate surface area is 141 Å². The third kappa shape index (κ3) is 2.77. The topological polar surface area (TPSA) is 29.3 Å². The molecule has 2 heterocycles. The number of hydrogen-bond acceptors (Lipinski definition) is 2. The van der Waals surface area contributed by atoms with Gasteiger partial charge in [0.2, 0.25) is 0 Å². The van der Waals surface area contributed by atoms with Crippen molar-refractivity contribution in [2.75, 3.05) is 5.32 Å². The lowest BCUT2D eigenvalue weighted by Crippen LogP contribution is -2.23. The van der Waals surface area contributed by atoms with Crippen molar-refractivity contribution in [3.8, 4) is 11.3 Å². The highest BCUT2D eigenvalue weighted by Crippen LogP contribution is 2.32. The second-order valence-electron chi connectivity index (χ2n) is 6.68. The van der Waals surface area contributed by atoms with Crippen LogP contribution in [0.1, 0.15) is 37.7 Å². The van der Waals surface area contributed by atoms with Gasteiger partial charge in [0.25, 0.3) is 0 Å². The quantitative estimate of drug-likeness (QED) is 0.718. The van der Waals surface area contributed by atoms with Crippen LogP contribution >= 0.6 is 0 Å². The van der Waals surface area contributed by atoms with Gasteiger partial charge in [-0.25, -0.2) is 9.37 Å². The zero-order chi connectivity index (χ0) is 16.5. The summed E-state index contributed by atoms with van der Waals surface area (Å²) in [5.41, 5.74) is 3.69. The Hall–Kier alpha value is -2.36. The predicted molar refractivity (Wildman–Crippen MR) is 95.8 cm³/mol. The van der Waals surface area contributed by atoms with E-state index >= 15 is 0 Å². The fraction of sp³-hybridized carbons (Fsp3) is 0.350. The van der Waals surface area contributed by atoms with Crippen LogP contribution in [0.25, 0.3) is 16.9 Å². The first-order valence-electron chi connectivity index (χ1n) is 8.72. The SMILES string of the molecule is Cc1cccn2c(NC3CCCCC3)c(-c3cccc(F)c3)nc12. The van der Waals surface area contributed by atoms with E-state index in [9.17, 15) is 4.39 Å². The van der Waals surface area contributed by atoms with Crippen molar-refractivity contribution in [2.24, 2.45) is 0 Å². The van der Waals surface area contributed by atoms with Crippen molar-refractivity contribution in [1.29, 1.82) is 0 Å². The smallest absolute Gasteiger partial charge is 0.142 e. The van der Waals surface area contributed by atoms with Gasteiger partial charge in [-0.2, -0.15) is 0 Å². The molecule has 0 amide bonds. The number of nitrogens with zero attached hydrogens (tertiary/aromatic N) is 2. The second kappa shape index (κ2) is 6.27. The van der Waals surface area contributed by atoms with E-state index < -0.39 is 0 Å². The molecule has 0 saturated heterocycles. The fourth-order valence-electron chi connectivity index (χ4n) is 3.62. The van der Waals surface area contributed by atoms with Gasteiger partial charge in [0.05, 0.1) is 0 Å². The molecule has 3 aromatic rings. The van der Waals surface area contributed by atoms with Crippen molar-refractivity contribution in [3.63, 3.8) is 0 Å². The average Bonchev–Trinajstić information content (AvgIpc) is 2.96. The second-order valence-corrected chi connectivity index (χ2v) is 6.68. The summed E-state index contributed by atoms with van der Waals surface area (Å²) in [7, 11) is 0. The van der Waals surface area contributed by atoms with Crippen LogP contribution in [0.5, 0.6) is 0 Å². The molecule has 0 bridgehead atoms. The first-order valence-corrected chi connectivity index (χ1v) is 8.72. The molecule has 1 fully saturated rings. The summed E-state index contributed by atoms with van der Waals surface area (Å²) < 4.78 is 15.8. The van der Waals surface area contributed by atoms with Crippen molar-refractivity contribution in [1.82, 2.24) is 9.38 Å². The van der Waals surface area contributed by atoms with Crippen LogP contribution in [0.2, 0.25) is 0 Å². The number of anilines is 1. The molecule has 1 aromatic carbocycles. The van der Waals surface area contributed by atoms with E-state index in [-0.39, 0.29) is 5.82 Å². The first kappa shape index (κ1) is 15.2. The van der Waals surface area contributed by atoms with Gasteiger partial charge in [-0.15, -0.1) is 0 Å². The van der Waals surface area contributed by atoms with Crippen LogP contribution in [0.15, 0.2) is 42.6 Å². The van der Waals surface area contributed by atoms with Gasteiger partial charge in [0, 0.05) is 17.8 Å². The number of hydrogen-bond donors (Lipinski definition) is 1. The van der Waals surface area contributed by atoms with Gasteiger partial charge < -0.3 is 5.32 Å². The third-order valence-corrected chi connectivity index (χ3v) is 4.89. The van der Waals surface area contributed by atoms with E-state index in [2.05, 4.69) is 22.7 Å². The number of imidazole rings is 1. The molecule has 0 unspecified atom stereocenters. The molecule has 0 spiro atoms. The maximum absolute atomic E-state index is 13.7. The Morgan fingerprint density at radius 2 is 1.96 bits per heavy atom. The molecule has 3 nitrogen and oxygen atoms in total. The lowest BCUT2D eigenvalue weighted by molar-refractivity contribution is 0.462. The number of fused-ring (bicyclic) bond motifs is 1. The van der Waals surface area contributed by atoms with Crippen molar-refractivity contribution >= 4 is 11.5 Å². The highest BCUT2D eigenvalue weighted by atomic mass is 19.1. The zero-order valence-corrected chi connectivity index (χ0v) is 13.9. The van der Waals surface area contributed by atoms with E-state index in [1.54, 1.807) is 12.1 Å². The van der Waals surface area contributed by atoms with Gasteiger partial charge >= 0.3 is 0 Å². The van der Waals surface area contributed by atoms with Crippen molar-refractivity contribution < 1.29 is 4.39 Å². The van der Waals surface area contributed by atoms with Gasteiger partial charge in [-0.1, -0.05) is 37.5 Å². The average molecular weight is 323 g/mol. The van der Waals surface area contributed by atoms with Gasteiger partial charge in [-0.3, -0.25) is 4.40 Å².